The molecule has 0 nitrogen and oxygen atoms in total. The van der Waals surface area contributed by atoms with Gasteiger partial charge >= 0.3 is 0 Å². The van der Waals surface area contributed by atoms with Crippen LogP contribution in [0.1, 0.15) is 0 Å². The van der Waals surface area contributed by atoms with E-state index in [0.29, 0.717) is 0 Å². The summed E-state index contributed by atoms with van der Waals surface area (Å²) in [6.07, 6.45) is 0. The molecule has 2 radical (unpaired) electrons. The van der Waals surface area contributed by atoms with Gasteiger partial charge in [0, 0.05) is 76.0 Å². The summed E-state index contributed by atoms with van der Waals surface area (Å²) in [4.78, 5) is 0. The molecular weight excluding hydrogens is 382 g/mol. The van der Waals surface area contributed by atoms with Crippen molar-refractivity contribution >= 4 is 0 Å². The van der Waals surface area contributed by atoms with Crippen molar-refractivity contribution in [3.63, 3.8) is 0 Å². The smallest absolute Gasteiger partial charge is 0 e. The molecule has 0 saturated heterocycles. The van der Waals surface area contributed by atoms with Crippen molar-refractivity contribution in [3.05, 3.63) is 0 Å². The minimum Gasteiger partial charge on any atom is 0 e. The first kappa shape index (κ1) is 32.4. The third kappa shape index (κ3) is 8.83. The van der Waals surface area contributed by atoms with E-state index in [-0.39, 0.29) is 76.0 Å². The predicted molar refractivity (Wildman–Crippen MR) is 0 cm³/mol. The van der Waals surface area contributed by atoms with Gasteiger partial charge in [0.2, 0.25) is 0 Å². The number of rotatable bonds is 0. The Morgan fingerprint density at radius 3 is 1.00 bits per heavy atom. The van der Waals surface area contributed by atoms with Gasteiger partial charge in [-0.1, -0.05) is 0 Å². The minimum atomic E-state index is 0. The maximum atomic E-state index is 0. The molecule has 0 rings (SSSR count). The van der Waals surface area contributed by atoms with Crippen LogP contribution >= 0.6 is 0 Å². The van der Waals surface area contributed by atoms with Gasteiger partial charge in [-0.05, 0) is 0 Å². The zero-order chi connectivity index (χ0) is 0. The molecule has 0 aromatic heterocycles. The number of hydrogen-bond donors (Lipinski definition) is 0. The molecule has 4 heteroatoms. The second-order valence-electron chi connectivity index (χ2n) is 0. The first-order valence-corrected chi connectivity index (χ1v) is 0. The molecule has 0 aliphatic carbocycles. The zero-order valence-electron chi connectivity index (χ0n) is 1.66. The predicted octanol–water partition coefficient (Wildman–Crippen LogP) is -0.0100. The van der Waals surface area contributed by atoms with Crippen molar-refractivity contribution in [3.8, 4) is 0 Å². The summed E-state index contributed by atoms with van der Waals surface area (Å²) in [6, 6.07) is 0. The Morgan fingerprint density at radius 2 is 1.00 bits per heavy atom. The fraction of sp³-hybridized carbons (Fsp3) is 0. The normalized spacial score (nSPS) is 0. The third-order valence-electron chi connectivity index (χ3n) is 0. The summed E-state index contributed by atoms with van der Waals surface area (Å²) >= 11 is 0. The fourth-order valence-corrected chi connectivity index (χ4v) is 0. The van der Waals surface area contributed by atoms with Gasteiger partial charge in [0.15, 0.2) is 0 Å². The first-order valence-electron chi connectivity index (χ1n) is 0. The molecule has 0 atom stereocenters. The molecule has 0 amide bonds. The second-order valence-corrected chi connectivity index (χ2v) is 0. The summed E-state index contributed by atoms with van der Waals surface area (Å²) in [5, 5.41) is 0. The molecule has 0 N–H and O–H groups in total. The molecule has 4 heavy (non-hydrogen) atoms. The molecule has 0 saturated carbocycles. The van der Waals surface area contributed by atoms with E-state index in [0.717, 1.165) is 0 Å². The van der Waals surface area contributed by atoms with Gasteiger partial charge in [0.1, 0.15) is 0 Å². The molecule has 0 aromatic carbocycles. The number of hydrogen-bond acceptors (Lipinski definition) is 0. The standard InChI is InChI=1S/Au.Cu.Fe.Zn. The van der Waals surface area contributed by atoms with Gasteiger partial charge in [-0.25, -0.2) is 0 Å². The van der Waals surface area contributed by atoms with Crippen molar-refractivity contribution in [1.82, 2.24) is 0 Å². The molecule has 0 bridgehead atoms. The van der Waals surface area contributed by atoms with Crippen molar-refractivity contribution < 1.29 is 76.0 Å². The molecule has 32 valence electrons. The summed E-state index contributed by atoms with van der Waals surface area (Å²) in [5.74, 6) is 0. The molecule has 0 spiro atoms. The van der Waals surface area contributed by atoms with Crippen LogP contribution in [0, 0.1) is 0 Å². The average molecular weight is 382 g/mol. The van der Waals surface area contributed by atoms with Gasteiger partial charge in [-0.2, -0.15) is 0 Å². The van der Waals surface area contributed by atoms with Gasteiger partial charge in [0.05, 0.1) is 0 Å². The van der Waals surface area contributed by atoms with Crippen molar-refractivity contribution in [1.29, 1.82) is 0 Å². The van der Waals surface area contributed by atoms with Crippen molar-refractivity contribution in [2.45, 2.75) is 0 Å². The van der Waals surface area contributed by atoms with E-state index in [1.165, 1.54) is 0 Å². The van der Waals surface area contributed by atoms with E-state index >= 15 is 0 Å². The Balaban J connectivity index is 0. The molecular formula is AuCuFeZn. The van der Waals surface area contributed by atoms with Gasteiger partial charge in [-0.3, -0.25) is 0 Å². The average Bonchev–Trinajstić information content (AvgIpc) is 0. The van der Waals surface area contributed by atoms with Crippen LogP contribution < -0.4 is 0 Å². The minimum absolute atomic E-state index is 0. The van der Waals surface area contributed by atoms with Crippen molar-refractivity contribution in [2.24, 2.45) is 0 Å². The van der Waals surface area contributed by atoms with E-state index in [4.69, 9.17) is 0 Å². The van der Waals surface area contributed by atoms with E-state index in [1.807, 2.05) is 0 Å². The Hall–Kier alpha value is 2.40. The zero-order valence-corrected chi connectivity index (χ0v) is 8.84. The van der Waals surface area contributed by atoms with Crippen LogP contribution in [0.5, 0.6) is 0 Å². The van der Waals surface area contributed by atoms with Crippen LogP contribution in [0.3, 0.4) is 0 Å². The van der Waals surface area contributed by atoms with E-state index < -0.39 is 0 Å². The summed E-state index contributed by atoms with van der Waals surface area (Å²) < 4.78 is 0. The molecule has 0 fully saturated rings. The maximum Gasteiger partial charge on any atom is 0 e. The largest absolute Gasteiger partial charge is 0 e. The monoisotopic (exact) mass is 380 g/mol. The molecule has 0 aliphatic heterocycles. The van der Waals surface area contributed by atoms with Crippen LogP contribution in [0.2, 0.25) is 0 Å². The molecule has 0 heterocycles. The fourth-order valence-electron chi connectivity index (χ4n) is 0. The van der Waals surface area contributed by atoms with E-state index in [9.17, 15) is 0 Å². The van der Waals surface area contributed by atoms with Gasteiger partial charge < -0.3 is 0 Å². The van der Waals surface area contributed by atoms with E-state index in [2.05, 4.69) is 0 Å². The summed E-state index contributed by atoms with van der Waals surface area (Å²) in [6.45, 7) is 0. The van der Waals surface area contributed by atoms with Gasteiger partial charge in [0.25, 0.3) is 0 Å². The Bertz CT molecular complexity index is 8.00. The summed E-state index contributed by atoms with van der Waals surface area (Å²) in [7, 11) is 0. The van der Waals surface area contributed by atoms with Crippen molar-refractivity contribution in [2.75, 3.05) is 0 Å². The Labute approximate surface area is 75.1 Å². The molecule has 0 aliphatic rings. The SMILES string of the molecule is [Au].[Cu].[Fe].[Zn]. The van der Waals surface area contributed by atoms with Crippen LogP contribution in [-0.4, -0.2) is 0 Å². The Morgan fingerprint density at radius 1 is 1.00 bits per heavy atom. The van der Waals surface area contributed by atoms with Crippen LogP contribution in [0.15, 0.2) is 0 Å². The van der Waals surface area contributed by atoms with Gasteiger partial charge in [-0.15, -0.1) is 0 Å². The summed E-state index contributed by atoms with van der Waals surface area (Å²) in [5.41, 5.74) is 0. The van der Waals surface area contributed by atoms with E-state index in [1.54, 1.807) is 0 Å². The quantitative estimate of drug-likeness (QED) is 0.518. The topological polar surface area (TPSA) is 0 Å². The van der Waals surface area contributed by atoms with Crippen LogP contribution in [-0.2, 0) is 76.0 Å². The Kier molecular flexibility index (Phi) is 147. The maximum absolute atomic E-state index is 0. The first-order chi connectivity index (χ1) is 0. The van der Waals surface area contributed by atoms with Crippen LogP contribution in [0.4, 0.5) is 0 Å². The molecule has 0 aromatic rings. The molecule has 0 unspecified atom stereocenters. The second kappa shape index (κ2) is 18.1. The van der Waals surface area contributed by atoms with Crippen LogP contribution in [0.25, 0.3) is 0 Å². The third-order valence-corrected chi connectivity index (χ3v) is 0.